The van der Waals surface area contributed by atoms with Crippen LogP contribution in [-0.2, 0) is 0 Å². The number of carboxylic acids is 1. The van der Waals surface area contributed by atoms with Gasteiger partial charge in [-0.2, -0.15) is 0 Å². The molecule has 3 rings (SSSR count). The fourth-order valence-corrected chi connectivity index (χ4v) is 1.62. The zero-order valence-electron chi connectivity index (χ0n) is 8.88. The maximum Gasteiger partial charge on any atom is 0.358 e. The largest absolute Gasteiger partial charge is 0.476 e. The number of halogens is 1. The molecule has 0 radical (unpaired) electrons. The highest BCUT2D eigenvalue weighted by atomic mass is 19.1. The van der Waals surface area contributed by atoms with Crippen LogP contribution in [0.2, 0.25) is 0 Å². The molecule has 0 spiro atoms. The van der Waals surface area contributed by atoms with Crippen LogP contribution in [0.25, 0.3) is 22.5 Å². The van der Waals surface area contributed by atoms with Gasteiger partial charge in [-0.15, -0.1) is 0 Å². The normalized spacial score (nSPS) is 10.9. The molecule has 0 saturated carbocycles. The van der Waals surface area contributed by atoms with Crippen molar-refractivity contribution >= 4 is 16.9 Å². The van der Waals surface area contributed by atoms with E-state index in [0.29, 0.717) is 16.7 Å². The Morgan fingerprint density at radius 2 is 2.06 bits per heavy atom. The van der Waals surface area contributed by atoms with E-state index >= 15 is 0 Å². The van der Waals surface area contributed by atoms with Gasteiger partial charge in [0.15, 0.2) is 11.5 Å². The lowest BCUT2D eigenvalue weighted by Crippen LogP contribution is -1.94. The average Bonchev–Trinajstić information content (AvgIpc) is 2.93. The van der Waals surface area contributed by atoms with Crippen molar-refractivity contribution in [1.29, 1.82) is 0 Å². The number of hydrogen-bond donors (Lipinski definition) is 1. The van der Waals surface area contributed by atoms with Crippen LogP contribution in [0.15, 0.2) is 39.3 Å². The summed E-state index contributed by atoms with van der Waals surface area (Å²) in [7, 11) is 0. The average molecular weight is 247 g/mol. The molecule has 0 aliphatic rings. The molecule has 0 fully saturated rings. The molecular weight excluding hydrogens is 241 g/mol. The Kier molecular flexibility index (Phi) is 2.16. The van der Waals surface area contributed by atoms with Crippen molar-refractivity contribution in [1.82, 2.24) is 5.16 Å². The second-order valence-corrected chi connectivity index (χ2v) is 3.67. The van der Waals surface area contributed by atoms with Crippen molar-refractivity contribution in [3.05, 3.63) is 41.8 Å². The molecule has 3 aromatic rings. The topological polar surface area (TPSA) is 76.5 Å². The summed E-state index contributed by atoms with van der Waals surface area (Å²) < 4.78 is 23.2. The molecule has 0 aliphatic heterocycles. The van der Waals surface area contributed by atoms with Gasteiger partial charge in [-0.05, 0) is 18.2 Å². The lowest BCUT2D eigenvalue weighted by Gasteiger charge is -1.87. The highest BCUT2D eigenvalue weighted by Gasteiger charge is 2.15. The maximum atomic E-state index is 13.0. The fourth-order valence-electron chi connectivity index (χ4n) is 1.62. The van der Waals surface area contributed by atoms with E-state index < -0.39 is 11.8 Å². The molecule has 90 valence electrons. The SMILES string of the molecule is O=C(O)c1cc(-c2cc3ccc(F)cc3o2)on1. The minimum atomic E-state index is -1.19. The third-order valence-corrected chi connectivity index (χ3v) is 2.45. The standard InChI is InChI=1S/C12H6FNO4/c13-7-2-1-6-3-10(17-9(6)4-7)11-5-8(12(15)16)14-18-11/h1-5H,(H,15,16). The van der Waals surface area contributed by atoms with E-state index in [4.69, 9.17) is 14.0 Å². The molecule has 0 unspecified atom stereocenters. The van der Waals surface area contributed by atoms with E-state index in [1.165, 1.54) is 18.2 Å². The van der Waals surface area contributed by atoms with Gasteiger partial charge in [0.05, 0.1) is 0 Å². The molecule has 6 heteroatoms. The number of carbonyl (C=O) groups is 1. The molecule has 0 bridgehead atoms. The number of carboxylic acid groups (broad SMARTS) is 1. The number of aromatic carboxylic acids is 1. The zero-order valence-corrected chi connectivity index (χ0v) is 8.88. The highest BCUT2D eigenvalue weighted by molar-refractivity contribution is 5.87. The number of furan rings is 1. The van der Waals surface area contributed by atoms with Crippen LogP contribution in [-0.4, -0.2) is 16.2 Å². The summed E-state index contributed by atoms with van der Waals surface area (Å²) in [6.07, 6.45) is 0. The molecule has 5 nitrogen and oxygen atoms in total. The van der Waals surface area contributed by atoms with Gasteiger partial charge in [-0.3, -0.25) is 0 Å². The number of hydrogen-bond acceptors (Lipinski definition) is 4. The molecule has 1 aromatic carbocycles. The van der Waals surface area contributed by atoms with Gasteiger partial charge in [0, 0.05) is 17.5 Å². The van der Waals surface area contributed by atoms with E-state index in [2.05, 4.69) is 5.16 Å². The second kappa shape index (κ2) is 3.69. The van der Waals surface area contributed by atoms with Crippen molar-refractivity contribution in [2.24, 2.45) is 0 Å². The fraction of sp³-hybridized carbons (Fsp3) is 0. The van der Waals surface area contributed by atoms with E-state index in [-0.39, 0.29) is 11.5 Å². The smallest absolute Gasteiger partial charge is 0.358 e. The molecule has 0 atom stereocenters. The van der Waals surface area contributed by atoms with Crippen molar-refractivity contribution < 1.29 is 23.2 Å². The second-order valence-electron chi connectivity index (χ2n) is 3.67. The quantitative estimate of drug-likeness (QED) is 0.753. The van der Waals surface area contributed by atoms with Crippen LogP contribution in [0.3, 0.4) is 0 Å². The third-order valence-electron chi connectivity index (χ3n) is 2.45. The summed E-state index contributed by atoms with van der Waals surface area (Å²) in [6.45, 7) is 0. The van der Waals surface area contributed by atoms with E-state index in [1.807, 2.05) is 0 Å². The van der Waals surface area contributed by atoms with Crippen molar-refractivity contribution in [2.75, 3.05) is 0 Å². The summed E-state index contributed by atoms with van der Waals surface area (Å²) in [5, 5.41) is 12.8. The van der Waals surface area contributed by atoms with E-state index in [0.717, 1.165) is 0 Å². The van der Waals surface area contributed by atoms with Crippen LogP contribution in [0.4, 0.5) is 4.39 Å². The maximum absolute atomic E-state index is 13.0. The molecular formula is C12H6FNO4. The lowest BCUT2D eigenvalue weighted by atomic mass is 10.2. The summed E-state index contributed by atoms with van der Waals surface area (Å²) in [5.74, 6) is -1.11. The predicted octanol–water partition coefficient (Wildman–Crippen LogP) is 2.93. The van der Waals surface area contributed by atoms with Gasteiger partial charge in [0.25, 0.3) is 0 Å². The van der Waals surface area contributed by atoms with Gasteiger partial charge >= 0.3 is 5.97 Å². The van der Waals surface area contributed by atoms with E-state index in [9.17, 15) is 9.18 Å². The van der Waals surface area contributed by atoms with Gasteiger partial charge in [-0.1, -0.05) is 5.16 Å². The molecule has 0 amide bonds. The molecule has 0 saturated heterocycles. The van der Waals surface area contributed by atoms with Crippen LogP contribution in [0, 0.1) is 5.82 Å². The first kappa shape index (κ1) is 10.5. The molecule has 0 aliphatic carbocycles. The lowest BCUT2D eigenvalue weighted by molar-refractivity contribution is 0.0686. The Balaban J connectivity index is 2.10. The number of rotatable bonds is 2. The van der Waals surface area contributed by atoms with Crippen LogP contribution in [0.5, 0.6) is 0 Å². The Morgan fingerprint density at radius 3 is 2.78 bits per heavy atom. The van der Waals surface area contributed by atoms with Crippen LogP contribution < -0.4 is 0 Å². The molecule has 2 aromatic heterocycles. The molecule has 18 heavy (non-hydrogen) atoms. The number of aromatic nitrogens is 1. The Labute approximate surface area is 99.4 Å². The highest BCUT2D eigenvalue weighted by Crippen LogP contribution is 2.28. The third kappa shape index (κ3) is 1.64. The van der Waals surface area contributed by atoms with Gasteiger partial charge in [0.2, 0.25) is 5.76 Å². The van der Waals surface area contributed by atoms with Crippen molar-refractivity contribution in [3.63, 3.8) is 0 Å². The van der Waals surface area contributed by atoms with Gasteiger partial charge in [0.1, 0.15) is 11.4 Å². The summed E-state index contributed by atoms with van der Waals surface area (Å²) >= 11 is 0. The van der Waals surface area contributed by atoms with Crippen LogP contribution >= 0.6 is 0 Å². The number of nitrogens with zero attached hydrogens (tertiary/aromatic N) is 1. The van der Waals surface area contributed by atoms with Gasteiger partial charge in [-0.25, -0.2) is 9.18 Å². The Bertz CT molecular complexity index is 743. The van der Waals surface area contributed by atoms with Gasteiger partial charge < -0.3 is 14.0 Å². The first-order chi connectivity index (χ1) is 8.63. The summed E-state index contributed by atoms with van der Waals surface area (Å²) in [6, 6.07) is 6.99. The molecule has 1 N–H and O–H groups in total. The van der Waals surface area contributed by atoms with Crippen molar-refractivity contribution in [3.8, 4) is 11.5 Å². The van der Waals surface area contributed by atoms with Crippen LogP contribution in [0.1, 0.15) is 10.5 Å². The van der Waals surface area contributed by atoms with Crippen molar-refractivity contribution in [2.45, 2.75) is 0 Å². The Hall–Kier alpha value is -2.63. The molecule has 2 heterocycles. The number of fused-ring (bicyclic) bond motifs is 1. The number of benzene rings is 1. The first-order valence-electron chi connectivity index (χ1n) is 5.03. The first-order valence-corrected chi connectivity index (χ1v) is 5.03. The summed E-state index contributed by atoms with van der Waals surface area (Å²) in [4.78, 5) is 10.7. The summed E-state index contributed by atoms with van der Waals surface area (Å²) in [5.41, 5.74) is 0.148. The van der Waals surface area contributed by atoms with E-state index in [1.54, 1.807) is 12.1 Å². The minimum Gasteiger partial charge on any atom is -0.476 e. The predicted molar refractivity (Wildman–Crippen MR) is 58.6 cm³/mol. The monoisotopic (exact) mass is 247 g/mol. The Morgan fingerprint density at radius 1 is 1.22 bits per heavy atom. The minimum absolute atomic E-state index is 0.184. The zero-order chi connectivity index (χ0) is 12.7.